The van der Waals surface area contributed by atoms with Gasteiger partial charge in [-0.1, -0.05) is 26.0 Å². The van der Waals surface area contributed by atoms with E-state index >= 15 is 0 Å². The molecule has 3 unspecified atom stereocenters. The van der Waals surface area contributed by atoms with Crippen molar-refractivity contribution >= 4 is 22.0 Å². The minimum atomic E-state index is -4.17. The lowest BCUT2D eigenvalue weighted by Gasteiger charge is -2.34. The molecular formula is C17H20O5S. The van der Waals surface area contributed by atoms with E-state index < -0.39 is 26.7 Å². The van der Waals surface area contributed by atoms with E-state index in [0.717, 1.165) is 12.0 Å². The van der Waals surface area contributed by atoms with Crippen LogP contribution in [0.15, 0.2) is 29.8 Å². The van der Waals surface area contributed by atoms with E-state index in [-0.39, 0.29) is 17.5 Å². The van der Waals surface area contributed by atoms with Crippen LogP contribution in [0.25, 0.3) is 6.08 Å². The summed E-state index contributed by atoms with van der Waals surface area (Å²) in [5.41, 5.74) is -0.150. The minimum Gasteiger partial charge on any atom is -0.508 e. The SMILES string of the molecule is CC12CCC(/C(=C\c3ccc(O)cc3)C1=O)C2(C)CS(=O)(=O)O. The van der Waals surface area contributed by atoms with Crippen molar-refractivity contribution in [2.75, 3.05) is 5.75 Å². The zero-order chi connectivity index (χ0) is 17.0. The molecule has 0 aliphatic heterocycles. The molecule has 2 bridgehead atoms. The third kappa shape index (κ3) is 2.40. The average molecular weight is 336 g/mol. The number of hydrogen-bond donors (Lipinski definition) is 2. The number of fused-ring (bicyclic) bond motifs is 2. The summed E-state index contributed by atoms with van der Waals surface area (Å²) in [6.07, 6.45) is 3.15. The summed E-state index contributed by atoms with van der Waals surface area (Å²) in [5.74, 6) is -0.474. The number of phenolic OH excluding ortho intramolecular Hbond substituents is 1. The minimum absolute atomic E-state index is 0.0343. The van der Waals surface area contributed by atoms with Crippen molar-refractivity contribution in [2.24, 2.45) is 16.7 Å². The molecule has 3 rings (SSSR count). The molecule has 2 N–H and O–H groups in total. The van der Waals surface area contributed by atoms with Crippen LogP contribution in [0.5, 0.6) is 5.75 Å². The molecular weight excluding hydrogens is 316 g/mol. The Morgan fingerprint density at radius 2 is 1.87 bits per heavy atom. The molecule has 0 spiro atoms. The van der Waals surface area contributed by atoms with Crippen LogP contribution in [0, 0.1) is 16.7 Å². The van der Waals surface area contributed by atoms with E-state index in [0.29, 0.717) is 12.0 Å². The Morgan fingerprint density at radius 1 is 1.26 bits per heavy atom. The maximum Gasteiger partial charge on any atom is 0.265 e. The van der Waals surface area contributed by atoms with Crippen LogP contribution in [0.4, 0.5) is 0 Å². The fourth-order valence-electron chi connectivity index (χ4n) is 4.33. The van der Waals surface area contributed by atoms with Gasteiger partial charge in [0.1, 0.15) is 5.75 Å². The molecule has 23 heavy (non-hydrogen) atoms. The predicted molar refractivity (Wildman–Crippen MR) is 86.4 cm³/mol. The highest BCUT2D eigenvalue weighted by molar-refractivity contribution is 7.85. The molecule has 5 nitrogen and oxygen atoms in total. The first kappa shape index (κ1) is 16.2. The third-order valence-corrected chi connectivity index (χ3v) is 6.76. The predicted octanol–water partition coefficient (Wildman–Crippen LogP) is 2.67. The van der Waals surface area contributed by atoms with Crippen molar-refractivity contribution < 1.29 is 22.9 Å². The highest BCUT2D eigenvalue weighted by Crippen LogP contribution is 2.66. The number of hydrogen-bond acceptors (Lipinski definition) is 4. The highest BCUT2D eigenvalue weighted by Gasteiger charge is 2.67. The molecule has 0 amide bonds. The van der Waals surface area contributed by atoms with Gasteiger partial charge in [-0.15, -0.1) is 0 Å². The Labute approximate surface area is 135 Å². The number of ketones is 1. The lowest BCUT2D eigenvalue weighted by atomic mass is 9.70. The summed E-state index contributed by atoms with van der Waals surface area (Å²) in [6.45, 7) is 3.59. The van der Waals surface area contributed by atoms with E-state index in [9.17, 15) is 22.9 Å². The van der Waals surface area contributed by atoms with Gasteiger partial charge >= 0.3 is 0 Å². The largest absolute Gasteiger partial charge is 0.508 e. The van der Waals surface area contributed by atoms with Crippen LogP contribution in [0.3, 0.4) is 0 Å². The van der Waals surface area contributed by atoms with E-state index in [4.69, 9.17) is 0 Å². The smallest absolute Gasteiger partial charge is 0.265 e. The van der Waals surface area contributed by atoms with E-state index in [1.807, 2.05) is 0 Å². The topological polar surface area (TPSA) is 91.7 Å². The second-order valence-electron chi connectivity index (χ2n) is 7.09. The molecule has 0 aromatic heterocycles. The normalized spacial score (nSPS) is 35.2. The van der Waals surface area contributed by atoms with Crippen molar-refractivity contribution in [1.29, 1.82) is 0 Å². The van der Waals surface area contributed by atoms with Crippen molar-refractivity contribution in [3.8, 4) is 5.75 Å². The van der Waals surface area contributed by atoms with Crippen LogP contribution in [0.2, 0.25) is 0 Å². The number of allylic oxidation sites excluding steroid dienone is 1. The Hall–Kier alpha value is -1.66. The zero-order valence-corrected chi connectivity index (χ0v) is 13.9. The summed E-state index contributed by atoms with van der Waals surface area (Å²) in [6, 6.07) is 6.51. The van der Waals surface area contributed by atoms with Crippen molar-refractivity contribution in [2.45, 2.75) is 26.7 Å². The van der Waals surface area contributed by atoms with E-state index in [2.05, 4.69) is 0 Å². The van der Waals surface area contributed by atoms with Gasteiger partial charge in [-0.25, -0.2) is 0 Å². The fraction of sp³-hybridized carbons (Fsp3) is 0.471. The number of carbonyl (C=O) groups is 1. The van der Waals surface area contributed by atoms with Crippen LogP contribution in [0.1, 0.15) is 32.3 Å². The van der Waals surface area contributed by atoms with Gasteiger partial charge in [0.15, 0.2) is 5.78 Å². The Balaban J connectivity index is 2.06. The molecule has 124 valence electrons. The summed E-state index contributed by atoms with van der Waals surface area (Å²) < 4.78 is 32.2. The number of benzene rings is 1. The van der Waals surface area contributed by atoms with Gasteiger partial charge in [0.2, 0.25) is 0 Å². The van der Waals surface area contributed by atoms with Gasteiger partial charge in [0.05, 0.1) is 5.75 Å². The number of carbonyl (C=O) groups excluding carboxylic acids is 1. The van der Waals surface area contributed by atoms with Crippen molar-refractivity contribution in [3.05, 3.63) is 35.4 Å². The van der Waals surface area contributed by atoms with Gasteiger partial charge in [0.25, 0.3) is 10.1 Å². The van der Waals surface area contributed by atoms with Crippen LogP contribution < -0.4 is 0 Å². The van der Waals surface area contributed by atoms with Gasteiger partial charge in [0, 0.05) is 16.4 Å². The lowest BCUT2D eigenvalue weighted by Crippen LogP contribution is -2.40. The third-order valence-electron chi connectivity index (χ3n) is 5.80. The number of rotatable bonds is 3. The van der Waals surface area contributed by atoms with Crippen molar-refractivity contribution in [1.82, 2.24) is 0 Å². The molecule has 2 aliphatic carbocycles. The monoisotopic (exact) mass is 336 g/mol. The van der Waals surface area contributed by atoms with Crippen LogP contribution in [-0.4, -0.2) is 29.6 Å². The second kappa shape index (κ2) is 4.92. The van der Waals surface area contributed by atoms with Gasteiger partial charge in [-0.2, -0.15) is 8.42 Å². The van der Waals surface area contributed by atoms with E-state index in [1.54, 1.807) is 44.2 Å². The quantitative estimate of drug-likeness (QED) is 0.654. The Kier molecular flexibility index (Phi) is 3.46. The molecule has 0 radical (unpaired) electrons. The number of aromatic hydroxyl groups is 1. The summed E-state index contributed by atoms with van der Waals surface area (Å²) in [5, 5.41) is 9.34. The summed E-state index contributed by atoms with van der Waals surface area (Å²) in [7, 11) is -4.17. The maximum absolute atomic E-state index is 12.9. The lowest BCUT2D eigenvalue weighted by molar-refractivity contribution is -0.125. The van der Waals surface area contributed by atoms with Gasteiger partial charge < -0.3 is 5.11 Å². The molecule has 2 aliphatic rings. The fourth-order valence-corrected chi connectivity index (χ4v) is 5.60. The van der Waals surface area contributed by atoms with Crippen LogP contribution in [-0.2, 0) is 14.9 Å². The first-order valence-electron chi connectivity index (χ1n) is 7.57. The number of Topliss-reactive ketones (excluding diaryl/α,β-unsaturated/α-hetero) is 1. The molecule has 2 saturated carbocycles. The summed E-state index contributed by atoms with van der Waals surface area (Å²) in [4.78, 5) is 12.9. The molecule has 6 heteroatoms. The first-order valence-corrected chi connectivity index (χ1v) is 9.18. The van der Waals surface area contributed by atoms with E-state index in [1.165, 1.54) is 0 Å². The Bertz CT molecular complexity index is 793. The molecule has 3 atom stereocenters. The molecule has 0 saturated heterocycles. The summed E-state index contributed by atoms with van der Waals surface area (Å²) >= 11 is 0. The maximum atomic E-state index is 12.9. The van der Waals surface area contributed by atoms with Gasteiger partial charge in [-0.3, -0.25) is 9.35 Å². The standard InChI is InChI=1S/C17H20O5S/c1-16-8-7-14(17(16,2)10-23(20,21)22)13(15(16)19)9-11-3-5-12(18)6-4-11/h3-6,9,14,18H,7-8,10H2,1-2H3,(H,20,21,22)/b13-9+. The second-order valence-corrected chi connectivity index (χ2v) is 8.54. The molecule has 2 fully saturated rings. The molecule has 1 aromatic carbocycles. The Morgan fingerprint density at radius 3 is 2.43 bits per heavy atom. The first-order chi connectivity index (χ1) is 10.6. The highest BCUT2D eigenvalue weighted by atomic mass is 32.2. The molecule has 1 aromatic rings. The van der Waals surface area contributed by atoms with Crippen molar-refractivity contribution in [3.63, 3.8) is 0 Å². The van der Waals surface area contributed by atoms with Crippen LogP contribution >= 0.6 is 0 Å². The van der Waals surface area contributed by atoms with Gasteiger partial charge in [-0.05, 0) is 42.5 Å². The zero-order valence-electron chi connectivity index (χ0n) is 13.1. The average Bonchev–Trinajstić information content (AvgIpc) is 2.75. The number of phenols is 1. The molecule has 0 heterocycles.